The molecule has 1 rings (SSSR count). The zero-order valence-corrected chi connectivity index (χ0v) is 10.1. The van der Waals surface area contributed by atoms with Gasteiger partial charge >= 0.3 is 0 Å². The fourth-order valence-corrected chi connectivity index (χ4v) is 2.37. The van der Waals surface area contributed by atoms with Crippen LogP contribution < -0.4 is 0 Å². The second kappa shape index (κ2) is 4.94. The minimum absolute atomic E-state index is 0.0375. The first-order chi connectivity index (χ1) is 6.99. The lowest BCUT2D eigenvalue weighted by molar-refractivity contribution is -0.136. The zero-order valence-electron chi connectivity index (χ0n) is 10.1. The van der Waals surface area contributed by atoms with E-state index < -0.39 is 0 Å². The van der Waals surface area contributed by atoms with Gasteiger partial charge < -0.3 is 10.0 Å². The van der Waals surface area contributed by atoms with Gasteiger partial charge in [-0.25, -0.2) is 0 Å². The summed E-state index contributed by atoms with van der Waals surface area (Å²) in [5.41, 5.74) is 0. The van der Waals surface area contributed by atoms with Crippen LogP contribution in [0, 0.1) is 0 Å². The molecule has 1 heterocycles. The average molecular weight is 214 g/mol. The topological polar surface area (TPSA) is 43.8 Å². The molecule has 1 saturated heterocycles. The molecule has 4 heteroatoms. The van der Waals surface area contributed by atoms with Crippen LogP contribution in [0.3, 0.4) is 0 Å². The van der Waals surface area contributed by atoms with Crippen LogP contribution >= 0.6 is 0 Å². The van der Waals surface area contributed by atoms with Crippen molar-refractivity contribution in [3.63, 3.8) is 0 Å². The van der Waals surface area contributed by atoms with Gasteiger partial charge in [0.1, 0.15) is 6.04 Å². The van der Waals surface area contributed by atoms with E-state index >= 15 is 0 Å². The highest BCUT2D eigenvalue weighted by atomic mass is 16.3. The van der Waals surface area contributed by atoms with Gasteiger partial charge in [0.25, 0.3) is 0 Å². The van der Waals surface area contributed by atoms with E-state index in [9.17, 15) is 9.90 Å². The molecule has 0 spiro atoms. The van der Waals surface area contributed by atoms with Crippen molar-refractivity contribution < 1.29 is 9.90 Å². The average Bonchev–Trinajstić information content (AvgIpc) is 2.29. The Balaban J connectivity index is 2.93. The highest BCUT2D eigenvalue weighted by molar-refractivity contribution is 5.82. The molecule has 0 saturated carbocycles. The molecular weight excluding hydrogens is 192 g/mol. The van der Waals surface area contributed by atoms with Gasteiger partial charge in [0, 0.05) is 25.7 Å². The van der Waals surface area contributed by atoms with Crippen LogP contribution in [0.25, 0.3) is 0 Å². The Kier molecular flexibility index (Phi) is 4.11. The third-order valence-electron chi connectivity index (χ3n) is 3.18. The standard InChI is InChI=1S/C11H22N2O2/c1-8(2)13-9(3)5-6-12(4)11(15)10(13)7-14/h8-10,14H,5-7H2,1-4H3. The smallest absolute Gasteiger partial charge is 0.242 e. The molecule has 0 aliphatic carbocycles. The van der Waals surface area contributed by atoms with Gasteiger partial charge in [-0.3, -0.25) is 9.69 Å². The van der Waals surface area contributed by atoms with Crippen LogP contribution in [0.5, 0.6) is 0 Å². The van der Waals surface area contributed by atoms with E-state index in [1.54, 1.807) is 4.90 Å². The number of hydrogen-bond acceptors (Lipinski definition) is 3. The van der Waals surface area contributed by atoms with E-state index in [0.717, 1.165) is 13.0 Å². The fourth-order valence-electron chi connectivity index (χ4n) is 2.37. The van der Waals surface area contributed by atoms with Gasteiger partial charge in [-0.15, -0.1) is 0 Å². The Bertz CT molecular complexity index is 231. The van der Waals surface area contributed by atoms with Crippen LogP contribution in [0.2, 0.25) is 0 Å². The molecule has 2 atom stereocenters. The number of aliphatic hydroxyl groups excluding tert-OH is 1. The van der Waals surface area contributed by atoms with Gasteiger partial charge in [-0.05, 0) is 27.2 Å². The third-order valence-corrected chi connectivity index (χ3v) is 3.18. The molecule has 1 aliphatic rings. The Morgan fingerprint density at radius 2 is 2.13 bits per heavy atom. The van der Waals surface area contributed by atoms with Crippen molar-refractivity contribution in [3.05, 3.63) is 0 Å². The van der Waals surface area contributed by atoms with Crippen molar-refractivity contribution in [2.24, 2.45) is 0 Å². The van der Waals surface area contributed by atoms with E-state index in [-0.39, 0.29) is 24.6 Å². The van der Waals surface area contributed by atoms with Crippen molar-refractivity contribution in [1.29, 1.82) is 0 Å². The first-order valence-electron chi connectivity index (χ1n) is 5.62. The Morgan fingerprint density at radius 1 is 1.53 bits per heavy atom. The van der Waals surface area contributed by atoms with Crippen molar-refractivity contribution in [2.45, 2.75) is 45.3 Å². The molecule has 1 N–H and O–H groups in total. The first-order valence-corrected chi connectivity index (χ1v) is 5.62. The van der Waals surface area contributed by atoms with Crippen LogP contribution in [0.1, 0.15) is 27.2 Å². The maximum atomic E-state index is 12.0. The number of aliphatic hydroxyl groups is 1. The van der Waals surface area contributed by atoms with E-state index in [1.165, 1.54) is 0 Å². The molecule has 15 heavy (non-hydrogen) atoms. The minimum Gasteiger partial charge on any atom is -0.394 e. The van der Waals surface area contributed by atoms with E-state index in [4.69, 9.17) is 0 Å². The Labute approximate surface area is 91.9 Å². The number of carbonyl (C=O) groups is 1. The lowest BCUT2D eigenvalue weighted by atomic mass is 10.1. The van der Waals surface area contributed by atoms with Crippen molar-refractivity contribution in [2.75, 3.05) is 20.2 Å². The number of likely N-dealkylation sites (N-methyl/N-ethyl adjacent to an activating group) is 1. The maximum absolute atomic E-state index is 12.0. The highest BCUT2D eigenvalue weighted by Gasteiger charge is 2.35. The van der Waals surface area contributed by atoms with Gasteiger partial charge in [-0.2, -0.15) is 0 Å². The quantitative estimate of drug-likeness (QED) is 0.719. The van der Waals surface area contributed by atoms with E-state index in [2.05, 4.69) is 25.7 Å². The largest absolute Gasteiger partial charge is 0.394 e. The summed E-state index contributed by atoms with van der Waals surface area (Å²) in [5.74, 6) is 0.0375. The summed E-state index contributed by atoms with van der Waals surface area (Å²) in [5, 5.41) is 9.35. The summed E-state index contributed by atoms with van der Waals surface area (Å²) >= 11 is 0. The van der Waals surface area contributed by atoms with Crippen molar-refractivity contribution >= 4 is 5.91 Å². The lowest BCUT2D eigenvalue weighted by Crippen LogP contribution is -2.52. The fraction of sp³-hybridized carbons (Fsp3) is 0.909. The second-order valence-corrected chi connectivity index (χ2v) is 4.64. The highest BCUT2D eigenvalue weighted by Crippen LogP contribution is 2.19. The molecule has 0 aromatic heterocycles. The van der Waals surface area contributed by atoms with Gasteiger partial charge in [-0.1, -0.05) is 0 Å². The summed E-state index contributed by atoms with van der Waals surface area (Å²) in [6.07, 6.45) is 0.969. The normalized spacial score (nSPS) is 29.7. The monoisotopic (exact) mass is 214 g/mol. The number of nitrogens with zero attached hydrogens (tertiary/aromatic N) is 2. The summed E-state index contributed by atoms with van der Waals surface area (Å²) in [6, 6.07) is 0.260. The molecule has 0 radical (unpaired) electrons. The minimum atomic E-state index is -0.368. The molecule has 88 valence electrons. The van der Waals surface area contributed by atoms with E-state index in [0.29, 0.717) is 6.04 Å². The van der Waals surface area contributed by atoms with Crippen molar-refractivity contribution in [1.82, 2.24) is 9.80 Å². The molecule has 2 unspecified atom stereocenters. The Morgan fingerprint density at radius 3 is 2.60 bits per heavy atom. The van der Waals surface area contributed by atoms with Crippen LogP contribution in [-0.2, 0) is 4.79 Å². The predicted octanol–water partition coefficient (Wildman–Crippen LogP) is 0.308. The summed E-state index contributed by atoms with van der Waals surface area (Å²) < 4.78 is 0. The number of carbonyl (C=O) groups excluding carboxylic acids is 1. The summed E-state index contributed by atoms with van der Waals surface area (Å²) in [6.45, 7) is 6.94. The van der Waals surface area contributed by atoms with Gasteiger partial charge in [0.2, 0.25) is 5.91 Å². The number of amides is 1. The first kappa shape index (κ1) is 12.5. The van der Waals surface area contributed by atoms with E-state index in [1.807, 2.05) is 7.05 Å². The number of rotatable bonds is 2. The Hall–Kier alpha value is -0.610. The molecule has 0 aromatic rings. The van der Waals surface area contributed by atoms with Gasteiger partial charge in [0.05, 0.1) is 6.61 Å². The second-order valence-electron chi connectivity index (χ2n) is 4.64. The van der Waals surface area contributed by atoms with Crippen LogP contribution in [0.15, 0.2) is 0 Å². The van der Waals surface area contributed by atoms with Crippen molar-refractivity contribution in [3.8, 4) is 0 Å². The molecule has 0 bridgehead atoms. The summed E-state index contributed by atoms with van der Waals surface area (Å²) in [7, 11) is 1.81. The molecular formula is C11H22N2O2. The molecule has 0 aromatic carbocycles. The molecule has 1 aliphatic heterocycles. The third kappa shape index (κ3) is 2.49. The van der Waals surface area contributed by atoms with Gasteiger partial charge in [0.15, 0.2) is 0 Å². The number of hydrogen-bond donors (Lipinski definition) is 1. The molecule has 4 nitrogen and oxygen atoms in total. The molecule has 1 fully saturated rings. The van der Waals surface area contributed by atoms with Crippen LogP contribution in [-0.4, -0.2) is 59.1 Å². The van der Waals surface area contributed by atoms with Crippen LogP contribution in [0.4, 0.5) is 0 Å². The predicted molar refractivity (Wildman–Crippen MR) is 59.6 cm³/mol. The lowest BCUT2D eigenvalue weighted by Gasteiger charge is -2.35. The molecule has 1 amide bonds. The summed E-state index contributed by atoms with van der Waals surface area (Å²) in [4.78, 5) is 15.8. The zero-order chi connectivity index (χ0) is 11.6. The maximum Gasteiger partial charge on any atom is 0.242 e. The SMILES string of the molecule is CC(C)N1C(C)CCN(C)C(=O)C1CO.